The van der Waals surface area contributed by atoms with Crippen molar-refractivity contribution in [3.8, 4) is 16.9 Å². The van der Waals surface area contributed by atoms with Gasteiger partial charge in [-0.05, 0) is 69.7 Å². The summed E-state index contributed by atoms with van der Waals surface area (Å²) in [7, 11) is 0. The van der Waals surface area contributed by atoms with Gasteiger partial charge in [-0.3, -0.25) is 9.69 Å². The zero-order valence-corrected chi connectivity index (χ0v) is 20.8. The summed E-state index contributed by atoms with van der Waals surface area (Å²) in [5.74, 6) is -0.412. The lowest BCUT2D eigenvalue weighted by molar-refractivity contribution is -0.124. The van der Waals surface area contributed by atoms with Crippen molar-refractivity contribution in [1.82, 2.24) is 19.2 Å². The van der Waals surface area contributed by atoms with E-state index in [1.807, 2.05) is 73.1 Å². The van der Waals surface area contributed by atoms with Gasteiger partial charge in [0.2, 0.25) is 5.91 Å². The van der Waals surface area contributed by atoms with Crippen LogP contribution in [0.2, 0.25) is 0 Å². The number of nitrogens with zero attached hydrogens (tertiary/aromatic N) is 5. The van der Waals surface area contributed by atoms with E-state index >= 15 is 0 Å². The molecule has 1 fully saturated rings. The van der Waals surface area contributed by atoms with Crippen molar-refractivity contribution >= 4 is 23.3 Å². The molecule has 3 aromatic heterocycles. The Labute approximate surface area is 210 Å². The van der Waals surface area contributed by atoms with Gasteiger partial charge in [0.15, 0.2) is 5.82 Å². The fourth-order valence-corrected chi connectivity index (χ4v) is 4.99. The van der Waals surface area contributed by atoms with Crippen LogP contribution in [-0.2, 0) is 4.79 Å². The maximum Gasteiger partial charge on any atom is 0.341 e. The molecule has 1 aliphatic carbocycles. The molecule has 0 atom stereocenters. The van der Waals surface area contributed by atoms with Gasteiger partial charge in [0.05, 0.1) is 11.4 Å². The lowest BCUT2D eigenvalue weighted by Crippen LogP contribution is -2.43. The molecule has 8 nitrogen and oxygen atoms in total. The smallest absolute Gasteiger partial charge is 0.341 e. The van der Waals surface area contributed by atoms with Crippen molar-refractivity contribution in [3.63, 3.8) is 0 Å². The second-order valence-corrected chi connectivity index (χ2v) is 10.0. The van der Waals surface area contributed by atoms with E-state index in [4.69, 9.17) is 0 Å². The minimum absolute atomic E-state index is 0.0191. The fourth-order valence-electron chi connectivity index (χ4n) is 4.99. The van der Waals surface area contributed by atoms with Gasteiger partial charge in [-0.2, -0.15) is 0 Å². The predicted molar refractivity (Wildman–Crippen MR) is 138 cm³/mol. The van der Waals surface area contributed by atoms with Crippen LogP contribution in [0.4, 0.5) is 5.82 Å². The van der Waals surface area contributed by atoms with E-state index in [1.165, 1.54) is 10.9 Å². The highest BCUT2D eigenvalue weighted by atomic mass is 16.4. The standard InChI is InChI=1S/C28H31N5O3/c1-18(2)33(27(34)21-9-7-19(3)8-10-21)26-23(28(35)36)16-32(30-26)22-13-11-20(12-14-22)24-17-31-15-5-4-6-25(31)29-24/h4-6,11-19,21H,7-10H2,1-3H3,(H,35,36). The second-order valence-electron chi connectivity index (χ2n) is 10.0. The van der Waals surface area contributed by atoms with E-state index in [0.717, 1.165) is 42.6 Å². The number of fused-ring (bicyclic) bond motifs is 1. The number of carbonyl (C=O) groups excluding carboxylic acids is 1. The Kier molecular flexibility index (Phi) is 6.35. The number of amides is 1. The van der Waals surface area contributed by atoms with Crippen LogP contribution in [0.25, 0.3) is 22.6 Å². The summed E-state index contributed by atoms with van der Waals surface area (Å²) in [5, 5.41) is 14.6. The van der Waals surface area contributed by atoms with E-state index in [0.29, 0.717) is 11.6 Å². The molecule has 3 heterocycles. The minimum Gasteiger partial charge on any atom is -0.477 e. The third kappa shape index (κ3) is 4.51. The average molecular weight is 486 g/mol. The molecule has 1 saturated carbocycles. The zero-order valence-electron chi connectivity index (χ0n) is 20.8. The highest BCUT2D eigenvalue weighted by molar-refractivity contribution is 6.01. The lowest BCUT2D eigenvalue weighted by atomic mass is 9.82. The number of hydrogen-bond acceptors (Lipinski definition) is 4. The number of carboxylic acids is 1. The van der Waals surface area contributed by atoms with Crippen molar-refractivity contribution in [2.24, 2.45) is 11.8 Å². The van der Waals surface area contributed by atoms with E-state index in [2.05, 4.69) is 17.0 Å². The number of aromatic nitrogens is 4. The Bertz CT molecular complexity index is 1360. The van der Waals surface area contributed by atoms with E-state index in [1.54, 1.807) is 4.90 Å². The van der Waals surface area contributed by atoms with Gasteiger partial charge in [0, 0.05) is 36.1 Å². The van der Waals surface area contributed by atoms with Crippen LogP contribution < -0.4 is 4.90 Å². The molecule has 36 heavy (non-hydrogen) atoms. The highest BCUT2D eigenvalue weighted by Crippen LogP contribution is 2.33. The number of carboxylic acid groups (broad SMARTS) is 1. The lowest BCUT2D eigenvalue weighted by Gasteiger charge is -2.32. The van der Waals surface area contributed by atoms with Gasteiger partial charge in [0.1, 0.15) is 11.2 Å². The Morgan fingerprint density at radius 2 is 1.75 bits per heavy atom. The summed E-state index contributed by atoms with van der Waals surface area (Å²) in [5.41, 5.74) is 3.38. The maximum atomic E-state index is 13.5. The van der Waals surface area contributed by atoms with Crippen LogP contribution in [0.15, 0.2) is 61.1 Å². The number of hydrogen-bond donors (Lipinski definition) is 1. The summed E-state index contributed by atoms with van der Waals surface area (Å²) in [6, 6.07) is 13.3. The minimum atomic E-state index is -1.10. The van der Waals surface area contributed by atoms with Crippen LogP contribution in [0.5, 0.6) is 0 Å². The molecule has 186 valence electrons. The van der Waals surface area contributed by atoms with Crippen molar-refractivity contribution in [3.05, 3.63) is 66.6 Å². The first-order valence-electron chi connectivity index (χ1n) is 12.5. The average Bonchev–Trinajstić information content (AvgIpc) is 3.49. The van der Waals surface area contributed by atoms with Crippen LogP contribution in [0.1, 0.15) is 56.8 Å². The van der Waals surface area contributed by atoms with Crippen molar-refractivity contribution < 1.29 is 14.7 Å². The molecular formula is C28H31N5O3. The first-order valence-corrected chi connectivity index (χ1v) is 12.5. The number of carbonyl (C=O) groups is 2. The third-order valence-corrected chi connectivity index (χ3v) is 7.06. The molecule has 5 rings (SSSR count). The maximum absolute atomic E-state index is 13.5. The number of aromatic carboxylic acids is 1. The second kappa shape index (κ2) is 9.60. The van der Waals surface area contributed by atoms with Crippen molar-refractivity contribution in [2.45, 2.75) is 52.5 Å². The first-order chi connectivity index (χ1) is 17.3. The molecule has 1 N–H and O–H groups in total. The van der Waals surface area contributed by atoms with Crippen LogP contribution >= 0.6 is 0 Å². The number of rotatable bonds is 6. The Balaban J connectivity index is 1.46. The van der Waals surface area contributed by atoms with Gasteiger partial charge in [0.25, 0.3) is 0 Å². The summed E-state index contributed by atoms with van der Waals surface area (Å²) in [4.78, 5) is 31.9. The largest absolute Gasteiger partial charge is 0.477 e. The SMILES string of the molecule is CC1CCC(C(=O)N(c2nn(-c3ccc(-c4cn5ccccc5n4)cc3)cc2C(=O)O)C(C)C)CC1. The molecule has 0 radical (unpaired) electrons. The van der Waals surface area contributed by atoms with Crippen molar-refractivity contribution in [2.75, 3.05) is 4.90 Å². The topological polar surface area (TPSA) is 92.7 Å². The first kappa shape index (κ1) is 23.8. The molecule has 0 saturated heterocycles. The molecule has 0 aliphatic heterocycles. The molecule has 0 unspecified atom stereocenters. The molecule has 4 aromatic rings. The van der Waals surface area contributed by atoms with Gasteiger partial charge < -0.3 is 9.51 Å². The molecular weight excluding hydrogens is 454 g/mol. The number of benzene rings is 1. The summed E-state index contributed by atoms with van der Waals surface area (Å²) in [6.07, 6.45) is 9.10. The summed E-state index contributed by atoms with van der Waals surface area (Å²) in [6.45, 7) is 6.01. The monoisotopic (exact) mass is 485 g/mol. The van der Waals surface area contributed by atoms with Gasteiger partial charge in [-0.15, -0.1) is 5.10 Å². The Morgan fingerprint density at radius 3 is 2.39 bits per heavy atom. The molecule has 1 amide bonds. The normalized spacial score (nSPS) is 18.0. The molecule has 0 spiro atoms. The van der Waals surface area contributed by atoms with Crippen molar-refractivity contribution in [1.29, 1.82) is 0 Å². The fraction of sp³-hybridized carbons (Fsp3) is 0.357. The highest BCUT2D eigenvalue weighted by Gasteiger charge is 2.34. The van der Waals surface area contributed by atoms with Gasteiger partial charge in [-0.1, -0.05) is 25.1 Å². The van der Waals surface area contributed by atoms with E-state index in [-0.39, 0.29) is 29.2 Å². The summed E-state index contributed by atoms with van der Waals surface area (Å²) < 4.78 is 3.50. The molecule has 1 aliphatic rings. The van der Waals surface area contributed by atoms with Crippen LogP contribution in [-0.4, -0.2) is 42.2 Å². The Hall–Kier alpha value is -3.94. The van der Waals surface area contributed by atoms with Gasteiger partial charge in [-0.25, -0.2) is 14.5 Å². The zero-order chi connectivity index (χ0) is 25.4. The molecule has 1 aromatic carbocycles. The number of anilines is 1. The third-order valence-electron chi connectivity index (χ3n) is 7.06. The number of pyridine rings is 1. The number of imidazole rings is 1. The van der Waals surface area contributed by atoms with Crippen LogP contribution in [0, 0.1) is 11.8 Å². The Morgan fingerprint density at radius 1 is 1.03 bits per heavy atom. The van der Waals surface area contributed by atoms with E-state index < -0.39 is 5.97 Å². The molecule has 8 heteroatoms. The quantitative estimate of drug-likeness (QED) is 0.392. The molecule has 0 bridgehead atoms. The van der Waals surface area contributed by atoms with Gasteiger partial charge >= 0.3 is 5.97 Å². The van der Waals surface area contributed by atoms with Crippen LogP contribution in [0.3, 0.4) is 0 Å². The van der Waals surface area contributed by atoms with E-state index in [9.17, 15) is 14.7 Å². The predicted octanol–water partition coefficient (Wildman–Crippen LogP) is 5.45. The summed E-state index contributed by atoms with van der Waals surface area (Å²) >= 11 is 0.